The van der Waals surface area contributed by atoms with Gasteiger partial charge in [-0.15, -0.1) is 5.10 Å². The van der Waals surface area contributed by atoms with Crippen molar-refractivity contribution in [3.8, 4) is 0 Å². The quantitative estimate of drug-likeness (QED) is 0.808. The van der Waals surface area contributed by atoms with Crippen LogP contribution in [0.25, 0.3) is 0 Å². The Morgan fingerprint density at radius 1 is 1.08 bits per heavy atom. The van der Waals surface area contributed by atoms with Crippen LogP contribution in [0.3, 0.4) is 0 Å². The molecule has 0 unspecified atom stereocenters. The van der Waals surface area contributed by atoms with E-state index in [0.717, 1.165) is 16.7 Å². The molecular weight excluding hydrogens is 308 g/mol. The number of aromatic nitrogens is 4. The van der Waals surface area contributed by atoms with Crippen LogP contribution in [0.1, 0.15) is 21.5 Å². The molecule has 1 saturated heterocycles. The third kappa shape index (κ3) is 3.42. The fraction of sp³-hybridized carbons (Fsp3) is 0.438. The molecule has 2 heterocycles. The SMILES string of the molecule is Cc1ccc(C(=O)N2CCN(C(=O)Cn3cnnn3)CC2)c(C)c1. The number of hydrogen-bond donors (Lipinski definition) is 0. The Bertz CT molecular complexity index is 735. The van der Waals surface area contributed by atoms with Crippen LogP contribution in [0.4, 0.5) is 0 Å². The van der Waals surface area contributed by atoms with Gasteiger partial charge in [0.05, 0.1) is 0 Å². The smallest absolute Gasteiger partial charge is 0.254 e. The van der Waals surface area contributed by atoms with Crippen molar-refractivity contribution in [2.24, 2.45) is 0 Å². The normalized spacial score (nSPS) is 14.8. The minimum atomic E-state index is -0.0408. The van der Waals surface area contributed by atoms with Crippen molar-refractivity contribution in [3.63, 3.8) is 0 Å². The number of rotatable bonds is 3. The van der Waals surface area contributed by atoms with Gasteiger partial charge in [0.2, 0.25) is 5.91 Å². The highest BCUT2D eigenvalue weighted by molar-refractivity contribution is 5.95. The minimum absolute atomic E-state index is 0.0278. The highest BCUT2D eigenvalue weighted by atomic mass is 16.2. The molecule has 0 N–H and O–H groups in total. The molecule has 1 aromatic carbocycles. The van der Waals surface area contributed by atoms with E-state index in [9.17, 15) is 9.59 Å². The number of piperazine rings is 1. The molecule has 3 rings (SSSR count). The number of carbonyl (C=O) groups is 2. The zero-order chi connectivity index (χ0) is 17.1. The minimum Gasteiger partial charge on any atom is -0.338 e. The van der Waals surface area contributed by atoms with Gasteiger partial charge in [-0.25, -0.2) is 4.68 Å². The average molecular weight is 328 g/mol. The van der Waals surface area contributed by atoms with Crippen molar-refractivity contribution in [2.45, 2.75) is 20.4 Å². The Kier molecular flexibility index (Phi) is 4.54. The van der Waals surface area contributed by atoms with Gasteiger partial charge in [-0.1, -0.05) is 17.7 Å². The Morgan fingerprint density at radius 3 is 2.42 bits per heavy atom. The number of benzene rings is 1. The standard InChI is InChI=1S/C16H20N6O2/c1-12-3-4-14(13(2)9-12)16(24)21-7-5-20(6-8-21)15(23)10-22-11-17-18-19-22/h3-4,9,11H,5-8,10H2,1-2H3. The third-order valence-corrected chi connectivity index (χ3v) is 4.22. The first-order chi connectivity index (χ1) is 11.5. The molecule has 0 radical (unpaired) electrons. The predicted octanol–water partition coefficient (Wildman–Crippen LogP) is 0.275. The lowest BCUT2D eigenvalue weighted by atomic mass is 10.0. The Hall–Kier alpha value is -2.77. The summed E-state index contributed by atoms with van der Waals surface area (Å²) in [5.74, 6) is -0.0130. The second-order valence-electron chi connectivity index (χ2n) is 6.00. The van der Waals surface area contributed by atoms with Crippen molar-refractivity contribution in [1.29, 1.82) is 0 Å². The lowest BCUT2D eigenvalue weighted by Crippen LogP contribution is -2.51. The summed E-state index contributed by atoms with van der Waals surface area (Å²) in [7, 11) is 0. The van der Waals surface area contributed by atoms with Crippen LogP contribution >= 0.6 is 0 Å². The molecule has 8 heteroatoms. The molecule has 1 aliphatic heterocycles. The molecule has 1 fully saturated rings. The van der Waals surface area contributed by atoms with Crippen LogP contribution in [0.2, 0.25) is 0 Å². The van der Waals surface area contributed by atoms with E-state index in [0.29, 0.717) is 26.2 Å². The van der Waals surface area contributed by atoms with E-state index in [2.05, 4.69) is 15.5 Å². The van der Waals surface area contributed by atoms with Gasteiger partial charge >= 0.3 is 0 Å². The van der Waals surface area contributed by atoms with Crippen molar-refractivity contribution in [2.75, 3.05) is 26.2 Å². The van der Waals surface area contributed by atoms with Gasteiger partial charge in [0, 0.05) is 31.7 Å². The molecule has 1 aromatic heterocycles. The number of aryl methyl sites for hydroxylation is 2. The topological polar surface area (TPSA) is 84.2 Å². The number of nitrogens with zero attached hydrogens (tertiary/aromatic N) is 6. The average Bonchev–Trinajstić information content (AvgIpc) is 3.07. The molecule has 0 bridgehead atoms. The van der Waals surface area contributed by atoms with Crippen LogP contribution in [0.15, 0.2) is 24.5 Å². The van der Waals surface area contributed by atoms with E-state index < -0.39 is 0 Å². The Balaban J connectivity index is 1.58. The Morgan fingerprint density at radius 2 is 1.79 bits per heavy atom. The summed E-state index contributed by atoms with van der Waals surface area (Å²) in [6, 6.07) is 5.84. The van der Waals surface area contributed by atoms with E-state index in [-0.39, 0.29) is 18.4 Å². The summed E-state index contributed by atoms with van der Waals surface area (Å²) in [6.07, 6.45) is 1.41. The number of carbonyl (C=O) groups excluding carboxylic acids is 2. The largest absolute Gasteiger partial charge is 0.338 e. The lowest BCUT2D eigenvalue weighted by molar-refractivity contribution is -0.133. The van der Waals surface area contributed by atoms with E-state index in [1.807, 2.05) is 32.0 Å². The molecule has 126 valence electrons. The molecule has 24 heavy (non-hydrogen) atoms. The molecule has 2 aromatic rings. The van der Waals surface area contributed by atoms with Gasteiger partial charge in [-0.05, 0) is 35.9 Å². The zero-order valence-electron chi connectivity index (χ0n) is 13.8. The first-order valence-corrected chi connectivity index (χ1v) is 7.89. The molecule has 1 aliphatic rings. The summed E-state index contributed by atoms with van der Waals surface area (Å²) in [5, 5.41) is 10.7. The van der Waals surface area contributed by atoms with Crippen LogP contribution in [0, 0.1) is 13.8 Å². The fourth-order valence-electron chi connectivity index (χ4n) is 2.87. The van der Waals surface area contributed by atoms with Gasteiger partial charge in [0.1, 0.15) is 12.9 Å². The monoisotopic (exact) mass is 328 g/mol. The van der Waals surface area contributed by atoms with Crippen LogP contribution in [-0.4, -0.2) is 68.0 Å². The summed E-state index contributed by atoms with van der Waals surface area (Å²) in [4.78, 5) is 28.4. The van der Waals surface area contributed by atoms with Crippen LogP contribution < -0.4 is 0 Å². The van der Waals surface area contributed by atoms with Crippen molar-refractivity contribution < 1.29 is 9.59 Å². The van der Waals surface area contributed by atoms with Gasteiger partial charge in [0.25, 0.3) is 5.91 Å². The number of amides is 2. The Labute approximate surface area is 140 Å². The number of tetrazole rings is 1. The maximum Gasteiger partial charge on any atom is 0.254 e. The van der Waals surface area contributed by atoms with Gasteiger partial charge in [0.15, 0.2) is 0 Å². The van der Waals surface area contributed by atoms with Crippen molar-refractivity contribution >= 4 is 11.8 Å². The van der Waals surface area contributed by atoms with Crippen LogP contribution in [0.5, 0.6) is 0 Å². The molecule has 0 saturated carbocycles. The van der Waals surface area contributed by atoms with Gasteiger partial charge in [-0.2, -0.15) is 0 Å². The second-order valence-corrected chi connectivity index (χ2v) is 6.00. The third-order valence-electron chi connectivity index (χ3n) is 4.22. The van der Waals surface area contributed by atoms with E-state index >= 15 is 0 Å². The maximum absolute atomic E-state index is 12.7. The second kappa shape index (κ2) is 6.77. The summed E-state index contributed by atoms with van der Waals surface area (Å²) >= 11 is 0. The highest BCUT2D eigenvalue weighted by Gasteiger charge is 2.25. The predicted molar refractivity (Wildman–Crippen MR) is 86.2 cm³/mol. The summed E-state index contributed by atoms with van der Waals surface area (Å²) in [6.45, 7) is 6.21. The van der Waals surface area contributed by atoms with Gasteiger partial charge < -0.3 is 9.80 Å². The summed E-state index contributed by atoms with van der Waals surface area (Å²) in [5.41, 5.74) is 2.85. The molecule has 0 atom stereocenters. The highest BCUT2D eigenvalue weighted by Crippen LogP contribution is 2.15. The number of hydrogen-bond acceptors (Lipinski definition) is 5. The van der Waals surface area contributed by atoms with E-state index in [1.54, 1.807) is 9.80 Å². The fourth-order valence-corrected chi connectivity index (χ4v) is 2.87. The molecule has 8 nitrogen and oxygen atoms in total. The van der Waals surface area contributed by atoms with Crippen LogP contribution in [-0.2, 0) is 11.3 Å². The zero-order valence-corrected chi connectivity index (χ0v) is 13.8. The van der Waals surface area contributed by atoms with E-state index in [4.69, 9.17) is 0 Å². The molecule has 0 spiro atoms. The van der Waals surface area contributed by atoms with E-state index in [1.165, 1.54) is 11.0 Å². The first-order valence-electron chi connectivity index (χ1n) is 7.89. The van der Waals surface area contributed by atoms with Gasteiger partial charge in [-0.3, -0.25) is 9.59 Å². The first kappa shape index (κ1) is 16.1. The molecular formula is C16H20N6O2. The molecule has 2 amide bonds. The summed E-state index contributed by atoms with van der Waals surface area (Å²) < 4.78 is 1.40. The van der Waals surface area contributed by atoms with Crippen molar-refractivity contribution in [1.82, 2.24) is 30.0 Å². The molecule has 0 aliphatic carbocycles. The van der Waals surface area contributed by atoms with Crippen molar-refractivity contribution in [3.05, 3.63) is 41.2 Å². The lowest BCUT2D eigenvalue weighted by Gasteiger charge is -2.35. The maximum atomic E-state index is 12.7.